The lowest BCUT2D eigenvalue weighted by Crippen LogP contribution is -2.29. The number of pyridine rings is 1. The van der Waals surface area contributed by atoms with Crippen LogP contribution in [-0.4, -0.2) is 40.1 Å². The van der Waals surface area contributed by atoms with E-state index in [1.54, 1.807) is 23.2 Å². The fraction of sp³-hybridized carbons (Fsp3) is 0.400. The van der Waals surface area contributed by atoms with E-state index in [-0.39, 0.29) is 12.0 Å². The van der Waals surface area contributed by atoms with E-state index < -0.39 is 0 Å². The topological polar surface area (TPSA) is 53.4 Å². The summed E-state index contributed by atoms with van der Waals surface area (Å²) in [6.45, 7) is 1.05. The van der Waals surface area contributed by atoms with E-state index >= 15 is 0 Å². The van der Waals surface area contributed by atoms with Crippen molar-refractivity contribution in [2.45, 2.75) is 12.5 Å². The normalized spacial score (nSPS) is 20.7. The zero-order valence-electron chi connectivity index (χ0n) is 8.06. The van der Waals surface area contributed by atoms with Crippen LogP contribution in [0.1, 0.15) is 16.8 Å². The highest BCUT2D eigenvalue weighted by atomic mass is 79.9. The molecule has 1 saturated heterocycles. The van der Waals surface area contributed by atoms with Gasteiger partial charge in [-0.3, -0.25) is 4.79 Å². The number of amides is 1. The molecule has 15 heavy (non-hydrogen) atoms. The number of β-amino-alcohol motifs (C(OH)–C–C–N with tert-alkyl or cyclic N) is 1. The maximum Gasteiger partial charge on any atom is 0.254 e. The molecule has 80 valence electrons. The van der Waals surface area contributed by atoms with Crippen molar-refractivity contribution in [3.63, 3.8) is 0 Å². The van der Waals surface area contributed by atoms with E-state index in [1.807, 2.05) is 0 Å². The first-order valence-electron chi connectivity index (χ1n) is 4.76. The minimum atomic E-state index is -0.376. The number of carbonyl (C=O) groups is 1. The molecule has 0 aromatic carbocycles. The van der Waals surface area contributed by atoms with Gasteiger partial charge in [-0.15, -0.1) is 0 Å². The SMILES string of the molecule is O=C(c1ccnc(Br)c1)N1CCC(O)C1. The van der Waals surface area contributed by atoms with Crippen molar-refractivity contribution >= 4 is 21.8 Å². The second-order valence-corrected chi connectivity index (χ2v) is 4.37. The van der Waals surface area contributed by atoms with Crippen molar-refractivity contribution in [1.82, 2.24) is 9.88 Å². The molecule has 2 rings (SSSR count). The molecule has 1 atom stereocenters. The van der Waals surface area contributed by atoms with Gasteiger partial charge < -0.3 is 10.0 Å². The minimum absolute atomic E-state index is 0.0466. The van der Waals surface area contributed by atoms with E-state index in [0.717, 1.165) is 0 Å². The van der Waals surface area contributed by atoms with Gasteiger partial charge in [0.15, 0.2) is 0 Å². The van der Waals surface area contributed by atoms with E-state index in [9.17, 15) is 9.90 Å². The summed E-state index contributed by atoms with van der Waals surface area (Å²) in [5.74, 6) is -0.0466. The number of hydrogen-bond donors (Lipinski definition) is 1. The van der Waals surface area contributed by atoms with Crippen LogP contribution in [0, 0.1) is 0 Å². The van der Waals surface area contributed by atoms with Crippen LogP contribution in [0.4, 0.5) is 0 Å². The number of rotatable bonds is 1. The maximum atomic E-state index is 11.9. The van der Waals surface area contributed by atoms with Gasteiger partial charge in [-0.25, -0.2) is 4.98 Å². The van der Waals surface area contributed by atoms with Gasteiger partial charge in [-0.05, 0) is 34.5 Å². The van der Waals surface area contributed by atoms with Gasteiger partial charge >= 0.3 is 0 Å². The Kier molecular flexibility index (Phi) is 3.02. The van der Waals surface area contributed by atoms with E-state index in [4.69, 9.17) is 0 Å². The molecule has 0 aliphatic carbocycles. The average molecular weight is 271 g/mol. The average Bonchev–Trinajstić information content (AvgIpc) is 2.64. The van der Waals surface area contributed by atoms with Crippen molar-refractivity contribution in [2.75, 3.05) is 13.1 Å². The number of likely N-dealkylation sites (tertiary alicyclic amines) is 1. The fourth-order valence-electron chi connectivity index (χ4n) is 1.64. The molecule has 5 heteroatoms. The first kappa shape index (κ1) is 10.6. The molecule has 1 unspecified atom stereocenters. The van der Waals surface area contributed by atoms with Crippen LogP contribution in [0.25, 0.3) is 0 Å². The number of halogens is 1. The monoisotopic (exact) mass is 270 g/mol. The van der Waals surface area contributed by atoms with Gasteiger partial charge in [0.1, 0.15) is 4.60 Å². The summed E-state index contributed by atoms with van der Waals surface area (Å²) < 4.78 is 0.646. The first-order valence-corrected chi connectivity index (χ1v) is 5.55. The van der Waals surface area contributed by atoms with Gasteiger partial charge in [-0.2, -0.15) is 0 Å². The van der Waals surface area contributed by atoms with Gasteiger partial charge in [0, 0.05) is 24.8 Å². The summed E-state index contributed by atoms with van der Waals surface area (Å²) in [4.78, 5) is 17.5. The van der Waals surface area contributed by atoms with Gasteiger partial charge in [-0.1, -0.05) is 0 Å². The molecule has 1 aromatic heterocycles. The highest BCUT2D eigenvalue weighted by Crippen LogP contribution is 2.15. The molecule has 1 aliphatic heterocycles. The number of hydrogen-bond acceptors (Lipinski definition) is 3. The van der Waals surface area contributed by atoms with Crippen LogP contribution < -0.4 is 0 Å². The zero-order chi connectivity index (χ0) is 10.8. The quantitative estimate of drug-likeness (QED) is 0.777. The standard InChI is InChI=1S/C10H11BrN2O2/c11-9-5-7(1-3-12-9)10(15)13-4-2-8(14)6-13/h1,3,5,8,14H,2,4,6H2. The van der Waals surface area contributed by atoms with Crippen molar-refractivity contribution in [3.8, 4) is 0 Å². The molecule has 4 nitrogen and oxygen atoms in total. The highest BCUT2D eigenvalue weighted by Gasteiger charge is 2.25. The number of carbonyl (C=O) groups excluding carboxylic acids is 1. The summed E-state index contributed by atoms with van der Waals surface area (Å²) in [5.41, 5.74) is 0.603. The van der Waals surface area contributed by atoms with Gasteiger partial charge in [0.05, 0.1) is 6.10 Å². The van der Waals surface area contributed by atoms with Crippen molar-refractivity contribution < 1.29 is 9.90 Å². The molecular formula is C10H11BrN2O2. The van der Waals surface area contributed by atoms with Gasteiger partial charge in [0.25, 0.3) is 5.91 Å². The third-order valence-electron chi connectivity index (χ3n) is 2.42. The lowest BCUT2D eigenvalue weighted by atomic mass is 10.2. The first-order chi connectivity index (χ1) is 7.16. The molecule has 1 N–H and O–H groups in total. The Hall–Kier alpha value is -0.940. The van der Waals surface area contributed by atoms with Crippen LogP contribution in [0.15, 0.2) is 22.9 Å². The van der Waals surface area contributed by atoms with Crippen molar-refractivity contribution in [3.05, 3.63) is 28.5 Å². The molecule has 1 amide bonds. The second-order valence-electron chi connectivity index (χ2n) is 3.56. The molecule has 0 saturated carbocycles. The molecule has 1 fully saturated rings. The third kappa shape index (κ3) is 2.35. The maximum absolute atomic E-state index is 11.9. The molecule has 1 aliphatic rings. The van der Waals surface area contributed by atoms with Crippen LogP contribution in [0.5, 0.6) is 0 Å². The molecule has 1 aromatic rings. The lowest BCUT2D eigenvalue weighted by molar-refractivity contribution is 0.0765. The van der Waals surface area contributed by atoms with Crippen LogP contribution in [0.2, 0.25) is 0 Å². The Bertz CT molecular complexity index is 383. The van der Waals surface area contributed by atoms with Crippen LogP contribution in [-0.2, 0) is 0 Å². The Labute approximate surface area is 96.1 Å². The van der Waals surface area contributed by atoms with Gasteiger partial charge in [0.2, 0.25) is 0 Å². The van der Waals surface area contributed by atoms with E-state index in [0.29, 0.717) is 29.7 Å². The molecule has 0 spiro atoms. The Morgan fingerprint density at radius 1 is 1.67 bits per heavy atom. The number of aliphatic hydroxyl groups is 1. The smallest absolute Gasteiger partial charge is 0.254 e. The number of aliphatic hydroxyl groups excluding tert-OH is 1. The second kappa shape index (κ2) is 4.28. The molecule has 0 radical (unpaired) electrons. The highest BCUT2D eigenvalue weighted by molar-refractivity contribution is 9.10. The molecular weight excluding hydrogens is 260 g/mol. The number of aromatic nitrogens is 1. The van der Waals surface area contributed by atoms with Crippen LogP contribution >= 0.6 is 15.9 Å². The third-order valence-corrected chi connectivity index (χ3v) is 2.86. The number of nitrogens with zero attached hydrogens (tertiary/aromatic N) is 2. The summed E-state index contributed by atoms with van der Waals surface area (Å²) in [6.07, 6.45) is 1.88. The largest absolute Gasteiger partial charge is 0.391 e. The fourth-order valence-corrected chi connectivity index (χ4v) is 2.01. The van der Waals surface area contributed by atoms with Crippen molar-refractivity contribution in [1.29, 1.82) is 0 Å². The zero-order valence-corrected chi connectivity index (χ0v) is 9.64. The lowest BCUT2D eigenvalue weighted by Gasteiger charge is -2.15. The van der Waals surface area contributed by atoms with E-state index in [2.05, 4.69) is 20.9 Å². The molecule has 2 heterocycles. The van der Waals surface area contributed by atoms with Crippen LogP contribution in [0.3, 0.4) is 0 Å². The predicted molar refractivity (Wildman–Crippen MR) is 58.5 cm³/mol. The van der Waals surface area contributed by atoms with Crippen molar-refractivity contribution in [2.24, 2.45) is 0 Å². The Balaban J connectivity index is 2.14. The summed E-state index contributed by atoms with van der Waals surface area (Å²) in [7, 11) is 0. The van der Waals surface area contributed by atoms with E-state index in [1.165, 1.54) is 0 Å². The summed E-state index contributed by atoms with van der Waals surface area (Å²) in [6, 6.07) is 3.37. The Morgan fingerprint density at radius 3 is 3.07 bits per heavy atom. The predicted octanol–water partition coefficient (Wildman–Crippen LogP) is 1.05. The summed E-state index contributed by atoms with van der Waals surface area (Å²) >= 11 is 3.22. The minimum Gasteiger partial charge on any atom is -0.391 e. The summed E-state index contributed by atoms with van der Waals surface area (Å²) in [5, 5.41) is 9.33. The Morgan fingerprint density at radius 2 is 2.47 bits per heavy atom. The molecule has 0 bridgehead atoms.